The van der Waals surface area contributed by atoms with Gasteiger partial charge in [-0.15, -0.1) is 0 Å². The molecule has 1 fully saturated rings. The number of hydrogen-bond donors (Lipinski definition) is 0. The lowest BCUT2D eigenvalue weighted by molar-refractivity contribution is 0.0871. The SMILES string of the molecule is CCC1CCC(C(=O)c2ccc3nc(C)ccc3c2)CC1. The summed E-state index contributed by atoms with van der Waals surface area (Å²) in [6, 6.07) is 10.00. The minimum Gasteiger partial charge on any atom is -0.294 e. The number of pyridine rings is 1. The highest BCUT2D eigenvalue weighted by Gasteiger charge is 2.26. The van der Waals surface area contributed by atoms with Crippen LogP contribution in [0.15, 0.2) is 30.3 Å². The van der Waals surface area contributed by atoms with Gasteiger partial charge < -0.3 is 0 Å². The Balaban J connectivity index is 1.80. The number of carbonyl (C=O) groups is 1. The number of Topliss-reactive ketones (excluding diaryl/α,β-unsaturated/α-hetero) is 1. The summed E-state index contributed by atoms with van der Waals surface area (Å²) in [7, 11) is 0. The van der Waals surface area contributed by atoms with Crippen LogP contribution >= 0.6 is 0 Å². The second-order valence-corrected chi connectivity index (χ2v) is 6.35. The van der Waals surface area contributed by atoms with E-state index in [0.717, 1.165) is 40.9 Å². The zero-order valence-electron chi connectivity index (χ0n) is 12.9. The number of ketones is 1. The highest BCUT2D eigenvalue weighted by molar-refractivity contribution is 6.00. The Morgan fingerprint density at radius 3 is 2.62 bits per heavy atom. The van der Waals surface area contributed by atoms with E-state index in [4.69, 9.17) is 0 Å². The van der Waals surface area contributed by atoms with Crippen LogP contribution in [0, 0.1) is 18.8 Å². The number of aromatic nitrogens is 1. The van der Waals surface area contributed by atoms with Crippen molar-refractivity contribution in [3.63, 3.8) is 0 Å². The van der Waals surface area contributed by atoms with Gasteiger partial charge in [0.05, 0.1) is 5.52 Å². The standard InChI is InChI=1S/C19H23NO/c1-3-14-5-8-15(9-6-14)19(21)17-10-11-18-16(12-17)7-4-13(2)20-18/h4,7,10-12,14-15H,3,5-6,8-9H2,1-2H3. The fourth-order valence-electron chi connectivity index (χ4n) is 3.45. The molecule has 0 radical (unpaired) electrons. The highest BCUT2D eigenvalue weighted by Crippen LogP contribution is 2.32. The maximum absolute atomic E-state index is 12.7. The van der Waals surface area contributed by atoms with Crippen LogP contribution in [0.4, 0.5) is 0 Å². The second-order valence-electron chi connectivity index (χ2n) is 6.35. The lowest BCUT2D eigenvalue weighted by Gasteiger charge is -2.26. The molecule has 2 aromatic rings. The first-order valence-electron chi connectivity index (χ1n) is 8.09. The minimum absolute atomic E-state index is 0.226. The van der Waals surface area contributed by atoms with E-state index < -0.39 is 0 Å². The molecule has 0 amide bonds. The van der Waals surface area contributed by atoms with Gasteiger partial charge in [0.2, 0.25) is 0 Å². The monoisotopic (exact) mass is 281 g/mol. The van der Waals surface area contributed by atoms with Gasteiger partial charge in [0.15, 0.2) is 5.78 Å². The molecule has 0 unspecified atom stereocenters. The van der Waals surface area contributed by atoms with E-state index in [9.17, 15) is 4.79 Å². The lowest BCUT2D eigenvalue weighted by atomic mass is 9.78. The number of hydrogen-bond acceptors (Lipinski definition) is 2. The molecule has 1 aliphatic rings. The smallest absolute Gasteiger partial charge is 0.165 e. The molecule has 1 aromatic carbocycles. The van der Waals surface area contributed by atoms with Crippen molar-refractivity contribution in [1.82, 2.24) is 4.98 Å². The van der Waals surface area contributed by atoms with Crippen LogP contribution in [0.2, 0.25) is 0 Å². The van der Waals surface area contributed by atoms with Gasteiger partial charge in [0.1, 0.15) is 0 Å². The molecule has 0 N–H and O–H groups in total. The number of benzene rings is 1. The summed E-state index contributed by atoms with van der Waals surface area (Å²) in [5, 5.41) is 1.06. The summed E-state index contributed by atoms with van der Waals surface area (Å²) < 4.78 is 0. The normalized spacial score (nSPS) is 22.4. The van der Waals surface area contributed by atoms with Gasteiger partial charge in [0, 0.05) is 22.6 Å². The molecule has 3 rings (SSSR count). The lowest BCUT2D eigenvalue weighted by Crippen LogP contribution is -2.21. The molecular weight excluding hydrogens is 258 g/mol. The molecule has 1 heterocycles. The fraction of sp³-hybridized carbons (Fsp3) is 0.474. The van der Waals surface area contributed by atoms with E-state index in [2.05, 4.69) is 18.0 Å². The van der Waals surface area contributed by atoms with E-state index in [1.165, 1.54) is 19.3 Å². The predicted molar refractivity (Wildman–Crippen MR) is 86.5 cm³/mol. The van der Waals surface area contributed by atoms with Crippen LogP contribution in [-0.2, 0) is 0 Å². The Bertz CT molecular complexity index is 654. The first-order chi connectivity index (χ1) is 10.2. The van der Waals surface area contributed by atoms with Gasteiger partial charge in [-0.05, 0) is 62.8 Å². The van der Waals surface area contributed by atoms with Crippen molar-refractivity contribution < 1.29 is 4.79 Å². The topological polar surface area (TPSA) is 30.0 Å². The maximum Gasteiger partial charge on any atom is 0.165 e. The average Bonchev–Trinajstić information content (AvgIpc) is 2.53. The summed E-state index contributed by atoms with van der Waals surface area (Å²) in [6.45, 7) is 4.25. The molecule has 1 aromatic heterocycles. The van der Waals surface area contributed by atoms with E-state index >= 15 is 0 Å². The number of fused-ring (bicyclic) bond motifs is 1. The Morgan fingerprint density at radius 1 is 1.14 bits per heavy atom. The molecule has 0 bridgehead atoms. The van der Waals surface area contributed by atoms with Crippen molar-refractivity contribution in [3.8, 4) is 0 Å². The largest absolute Gasteiger partial charge is 0.294 e. The van der Waals surface area contributed by atoms with Gasteiger partial charge in [0.25, 0.3) is 0 Å². The molecule has 0 aliphatic heterocycles. The van der Waals surface area contributed by atoms with Crippen molar-refractivity contribution in [1.29, 1.82) is 0 Å². The molecule has 0 spiro atoms. The number of nitrogens with zero attached hydrogens (tertiary/aromatic N) is 1. The van der Waals surface area contributed by atoms with Crippen LogP contribution in [0.3, 0.4) is 0 Å². The van der Waals surface area contributed by atoms with E-state index in [-0.39, 0.29) is 5.92 Å². The maximum atomic E-state index is 12.7. The number of rotatable bonds is 3. The molecule has 2 nitrogen and oxygen atoms in total. The number of carbonyl (C=O) groups excluding carboxylic acids is 1. The summed E-state index contributed by atoms with van der Waals surface area (Å²) in [6.07, 6.45) is 5.79. The summed E-state index contributed by atoms with van der Waals surface area (Å²) in [4.78, 5) is 17.2. The van der Waals surface area contributed by atoms with Crippen molar-refractivity contribution in [2.24, 2.45) is 11.8 Å². The first kappa shape index (κ1) is 14.2. The van der Waals surface area contributed by atoms with Crippen molar-refractivity contribution in [2.45, 2.75) is 46.0 Å². The summed E-state index contributed by atoms with van der Waals surface area (Å²) >= 11 is 0. The Hall–Kier alpha value is -1.70. The Labute approximate surface area is 126 Å². The van der Waals surface area contributed by atoms with E-state index in [0.29, 0.717) is 5.78 Å². The van der Waals surface area contributed by atoms with E-state index in [1.54, 1.807) is 0 Å². The van der Waals surface area contributed by atoms with Crippen LogP contribution in [0.5, 0.6) is 0 Å². The quantitative estimate of drug-likeness (QED) is 0.746. The molecular formula is C19H23NO. The second kappa shape index (κ2) is 5.97. The van der Waals surface area contributed by atoms with Gasteiger partial charge in [-0.25, -0.2) is 0 Å². The van der Waals surface area contributed by atoms with Gasteiger partial charge in [-0.3, -0.25) is 9.78 Å². The molecule has 0 saturated heterocycles. The van der Waals surface area contributed by atoms with Crippen molar-refractivity contribution in [2.75, 3.05) is 0 Å². The summed E-state index contributed by atoms with van der Waals surface area (Å²) in [5.41, 5.74) is 2.84. The van der Waals surface area contributed by atoms with Crippen LogP contribution in [0.25, 0.3) is 10.9 Å². The van der Waals surface area contributed by atoms with Crippen molar-refractivity contribution >= 4 is 16.7 Å². The third-order valence-electron chi connectivity index (χ3n) is 4.91. The van der Waals surface area contributed by atoms with Crippen molar-refractivity contribution in [3.05, 3.63) is 41.6 Å². The average molecular weight is 281 g/mol. The first-order valence-corrected chi connectivity index (χ1v) is 8.09. The zero-order valence-corrected chi connectivity index (χ0v) is 12.9. The molecule has 2 heteroatoms. The third kappa shape index (κ3) is 2.99. The van der Waals surface area contributed by atoms with Crippen LogP contribution in [-0.4, -0.2) is 10.8 Å². The Kier molecular flexibility index (Phi) is 4.05. The zero-order chi connectivity index (χ0) is 14.8. The molecule has 1 aliphatic carbocycles. The molecule has 21 heavy (non-hydrogen) atoms. The minimum atomic E-state index is 0.226. The van der Waals surface area contributed by atoms with Gasteiger partial charge >= 0.3 is 0 Å². The Morgan fingerprint density at radius 2 is 1.90 bits per heavy atom. The van der Waals surface area contributed by atoms with Crippen LogP contribution in [0.1, 0.15) is 55.1 Å². The van der Waals surface area contributed by atoms with Gasteiger partial charge in [-0.2, -0.15) is 0 Å². The number of aryl methyl sites for hydroxylation is 1. The molecule has 1 saturated carbocycles. The fourth-order valence-corrected chi connectivity index (χ4v) is 3.45. The highest BCUT2D eigenvalue weighted by atomic mass is 16.1. The summed E-state index contributed by atoms with van der Waals surface area (Å²) in [5.74, 6) is 1.38. The van der Waals surface area contributed by atoms with Gasteiger partial charge in [-0.1, -0.05) is 19.4 Å². The molecule has 110 valence electrons. The van der Waals surface area contributed by atoms with E-state index in [1.807, 2.05) is 31.2 Å². The predicted octanol–water partition coefficient (Wildman–Crippen LogP) is 4.94. The molecule has 0 atom stereocenters. The third-order valence-corrected chi connectivity index (χ3v) is 4.91. The van der Waals surface area contributed by atoms with Crippen LogP contribution < -0.4 is 0 Å².